The minimum atomic E-state index is -2.60. The largest absolute Gasteiger partial charge is 0.747 e. The molecule has 0 bridgehead atoms. The highest BCUT2D eigenvalue weighted by molar-refractivity contribution is 7.32. The van der Waals surface area contributed by atoms with Gasteiger partial charge in [-0.3, -0.25) is 0 Å². The summed E-state index contributed by atoms with van der Waals surface area (Å²) in [5, 5.41) is 0. The van der Waals surface area contributed by atoms with Crippen LogP contribution in [-0.2, 0) is 17.4 Å². The first-order valence-corrected chi connectivity index (χ1v) is 11.8. The zero-order valence-electron chi connectivity index (χ0n) is 16.8. The first-order valence-electron chi connectivity index (χ1n) is 10.6. The van der Waals surface area contributed by atoms with Crippen molar-refractivity contribution in [3.8, 4) is 5.75 Å². The molecule has 1 rings (SSSR count). The van der Waals surface area contributed by atoms with E-state index < -0.39 is 8.25 Å². The Labute approximate surface area is 161 Å². The first-order chi connectivity index (χ1) is 12.7. The normalized spacial score (nSPS) is 11.6. The summed E-state index contributed by atoms with van der Waals surface area (Å²) in [5.74, 6) is 0.602. The van der Waals surface area contributed by atoms with E-state index in [2.05, 4.69) is 19.9 Å². The lowest BCUT2D eigenvalue weighted by molar-refractivity contribution is 0.408. The Morgan fingerprint density at radius 1 is 0.808 bits per heavy atom. The van der Waals surface area contributed by atoms with Crippen molar-refractivity contribution < 1.29 is 14.0 Å². The lowest BCUT2D eigenvalue weighted by Crippen LogP contribution is -1.99. The van der Waals surface area contributed by atoms with Crippen molar-refractivity contribution in [2.75, 3.05) is 0 Å². The molecule has 26 heavy (non-hydrogen) atoms. The standard InChI is InChI=1S/C22H37O3P/c1-3-5-7-9-11-13-16-20-17-15-19-22(25-26(23)24)21(20)18-14-12-10-8-6-4-2/h15,17,19H,3-14,16,18H2,1-2H3/p+1. The van der Waals surface area contributed by atoms with E-state index >= 15 is 0 Å². The van der Waals surface area contributed by atoms with Crippen LogP contribution in [0.25, 0.3) is 0 Å². The second-order valence-electron chi connectivity index (χ2n) is 7.26. The summed E-state index contributed by atoms with van der Waals surface area (Å²) in [7, 11) is -2.60. The number of unbranched alkanes of at least 4 members (excludes halogenated alkanes) is 10. The van der Waals surface area contributed by atoms with E-state index in [-0.39, 0.29) is 0 Å². The Kier molecular flexibility index (Phi) is 13.5. The van der Waals surface area contributed by atoms with Crippen LogP contribution in [0.5, 0.6) is 5.75 Å². The molecule has 0 heterocycles. The molecule has 1 unspecified atom stereocenters. The van der Waals surface area contributed by atoms with Gasteiger partial charge in [-0.25, -0.2) is 4.52 Å². The van der Waals surface area contributed by atoms with Crippen molar-refractivity contribution in [3.63, 3.8) is 0 Å². The summed E-state index contributed by atoms with van der Waals surface area (Å²) >= 11 is 0. The molecule has 1 aromatic carbocycles. The van der Waals surface area contributed by atoms with E-state index in [1.165, 1.54) is 76.2 Å². The van der Waals surface area contributed by atoms with Crippen LogP contribution in [0, 0.1) is 0 Å². The summed E-state index contributed by atoms with van der Waals surface area (Å²) in [6.45, 7) is 4.48. The number of benzene rings is 1. The van der Waals surface area contributed by atoms with Crippen molar-refractivity contribution in [2.45, 2.75) is 104 Å². The Balaban J connectivity index is 2.58. The highest BCUT2D eigenvalue weighted by Gasteiger charge is 2.19. The van der Waals surface area contributed by atoms with Gasteiger partial charge in [0.25, 0.3) is 0 Å². The monoisotopic (exact) mass is 381 g/mol. The van der Waals surface area contributed by atoms with Gasteiger partial charge in [-0.2, -0.15) is 0 Å². The zero-order valence-corrected chi connectivity index (χ0v) is 17.7. The van der Waals surface area contributed by atoms with E-state index in [0.717, 1.165) is 24.8 Å². The molecule has 1 atom stereocenters. The lowest BCUT2D eigenvalue weighted by atomic mass is 9.95. The summed E-state index contributed by atoms with van der Waals surface area (Å²) in [4.78, 5) is 9.17. The van der Waals surface area contributed by atoms with Gasteiger partial charge >= 0.3 is 8.25 Å². The second-order valence-corrected chi connectivity index (χ2v) is 7.92. The molecule has 0 spiro atoms. The number of aryl methyl sites for hydroxylation is 1. The molecule has 0 aliphatic heterocycles. The molecule has 3 nitrogen and oxygen atoms in total. The Hall–Kier alpha value is -0.920. The molecule has 0 fully saturated rings. The van der Waals surface area contributed by atoms with Crippen LogP contribution >= 0.6 is 8.25 Å². The molecule has 148 valence electrons. The molecule has 0 saturated heterocycles. The number of hydrogen-bond donors (Lipinski definition) is 1. The molecule has 0 aromatic heterocycles. The molecular weight excluding hydrogens is 343 g/mol. The lowest BCUT2D eigenvalue weighted by Gasteiger charge is -2.11. The average Bonchev–Trinajstić information content (AvgIpc) is 2.62. The van der Waals surface area contributed by atoms with E-state index in [4.69, 9.17) is 4.52 Å². The molecule has 0 aliphatic carbocycles. The van der Waals surface area contributed by atoms with Gasteiger partial charge < -0.3 is 0 Å². The third-order valence-electron chi connectivity index (χ3n) is 4.99. The fourth-order valence-corrected chi connectivity index (χ4v) is 3.82. The summed E-state index contributed by atoms with van der Waals surface area (Å²) in [5.41, 5.74) is 2.44. The van der Waals surface area contributed by atoms with Crippen LogP contribution in [-0.4, -0.2) is 4.89 Å². The molecule has 0 radical (unpaired) electrons. The van der Waals surface area contributed by atoms with Crippen LogP contribution in [0.4, 0.5) is 0 Å². The average molecular weight is 382 g/mol. The first kappa shape index (κ1) is 23.1. The van der Waals surface area contributed by atoms with Gasteiger partial charge in [0.05, 0.1) is 0 Å². The maximum atomic E-state index is 11.2. The van der Waals surface area contributed by atoms with E-state index in [1.54, 1.807) is 0 Å². The summed E-state index contributed by atoms with van der Waals surface area (Å²) < 4.78 is 16.4. The van der Waals surface area contributed by atoms with Gasteiger partial charge in [0.15, 0.2) is 5.75 Å². The van der Waals surface area contributed by atoms with Crippen molar-refractivity contribution in [1.29, 1.82) is 0 Å². The van der Waals surface area contributed by atoms with Gasteiger partial charge in [0.2, 0.25) is 0 Å². The van der Waals surface area contributed by atoms with E-state index in [1.807, 2.05) is 12.1 Å². The molecule has 0 amide bonds. The van der Waals surface area contributed by atoms with Gasteiger partial charge in [-0.05, 0) is 37.3 Å². The predicted molar refractivity (Wildman–Crippen MR) is 111 cm³/mol. The molecule has 0 saturated carbocycles. The molecule has 4 heteroatoms. The Morgan fingerprint density at radius 3 is 1.92 bits per heavy atom. The van der Waals surface area contributed by atoms with Crippen molar-refractivity contribution in [3.05, 3.63) is 29.3 Å². The number of hydrogen-bond acceptors (Lipinski definition) is 2. The fourth-order valence-electron chi connectivity index (χ4n) is 3.48. The van der Waals surface area contributed by atoms with Crippen LogP contribution < -0.4 is 4.52 Å². The van der Waals surface area contributed by atoms with Crippen molar-refractivity contribution in [1.82, 2.24) is 0 Å². The van der Waals surface area contributed by atoms with Crippen LogP contribution in [0.3, 0.4) is 0 Å². The quantitative estimate of drug-likeness (QED) is 0.238. The van der Waals surface area contributed by atoms with Gasteiger partial charge in [-0.1, -0.05) is 90.2 Å². The highest BCUT2D eigenvalue weighted by atomic mass is 31.1. The maximum absolute atomic E-state index is 11.2. The fraction of sp³-hybridized carbons (Fsp3) is 0.727. The van der Waals surface area contributed by atoms with Gasteiger partial charge in [-0.15, -0.1) is 4.89 Å². The van der Waals surface area contributed by atoms with E-state index in [0.29, 0.717) is 5.75 Å². The van der Waals surface area contributed by atoms with Crippen LogP contribution in [0.15, 0.2) is 18.2 Å². The molecule has 1 aromatic rings. The van der Waals surface area contributed by atoms with Gasteiger partial charge in [0.1, 0.15) is 0 Å². The molecule has 0 aliphatic rings. The second kappa shape index (κ2) is 15.2. The topological polar surface area (TPSA) is 46.5 Å². The smallest absolute Gasteiger partial charge is 0.229 e. The third kappa shape index (κ3) is 10.3. The van der Waals surface area contributed by atoms with Crippen molar-refractivity contribution in [2.24, 2.45) is 0 Å². The predicted octanol–water partition coefficient (Wildman–Crippen LogP) is 7.52. The van der Waals surface area contributed by atoms with Crippen LogP contribution in [0.2, 0.25) is 0 Å². The summed E-state index contributed by atoms with van der Waals surface area (Å²) in [6, 6.07) is 5.95. The molecule has 1 N–H and O–H groups in total. The minimum absolute atomic E-state index is 0.602. The highest BCUT2D eigenvalue weighted by Crippen LogP contribution is 2.31. The third-order valence-corrected chi connectivity index (χ3v) is 5.34. The Bertz CT molecular complexity index is 502. The van der Waals surface area contributed by atoms with Gasteiger partial charge in [0, 0.05) is 10.1 Å². The zero-order chi connectivity index (χ0) is 19.0. The van der Waals surface area contributed by atoms with Crippen LogP contribution in [0.1, 0.15) is 102 Å². The van der Waals surface area contributed by atoms with Crippen molar-refractivity contribution >= 4 is 8.25 Å². The minimum Gasteiger partial charge on any atom is -0.229 e. The molecular formula is C22H38O3P+. The summed E-state index contributed by atoms with van der Waals surface area (Å²) in [6.07, 6.45) is 17.2. The Morgan fingerprint density at radius 2 is 1.35 bits per heavy atom. The van der Waals surface area contributed by atoms with E-state index in [9.17, 15) is 9.46 Å². The number of rotatable bonds is 16. The SMILES string of the molecule is CCCCCCCCc1cccc(O[P+](=O)O)c1CCCCCCCC. The maximum Gasteiger partial charge on any atom is 0.747 e.